The highest BCUT2D eigenvalue weighted by Crippen LogP contribution is 2.35. The molecule has 0 unspecified atom stereocenters. The molecular formula is C14H17FN2O4. The fourth-order valence-corrected chi connectivity index (χ4v) is 2.39. The zero-order chi connectivity index (χ0) is 15.5. The summed E-state index contributed by atoms with van der Waals surface area (Å²) in [5, 5.41) is 14.0. The molecule has 114 valence electrons. The molecule has 1 fully saturated rings. The topological polar surface area (TPSA) is 87.7 Å². The minimum Gasteiger partial charge on any atom is -0.494 e. The van der Waals surface area contributed by atoms with E-state index in [4.69, 9.17) is 9.84 Å². The van der Waals surface area contributed by atoms with Crippen LogP contribution in [0.15, 0.2) is 18.2 Å². The molecule has 21 heavy (non-hydrogen) atoms. The molecule has 0 aromatic heterocycles. The van der Waals surface area contributed by atoms with Gasteiger partial charge in [0, 0.05) is 11.8 Å². The van der Waals surface area contributed by atoms with Gasteiger partial charge in [0.25, 0.3) is 0 Å². The highest BCUT2D eigenvalue weighted by Gasteiger charge is 2.40. The van der Waals surface area contributed by atoms with E-state index in [2.05, 4.69) is 10.6 Å². The van der Waals surface area contributed by atoms with Crippen molar-refractivity contribution in [1.29, 1.82) is 0 Å². The van der Waals surface area contributed by atoms with Crippen LogP contribution in [0.5, 0.6) is 5.75 Å². The summed E-state index contributed by atoms with van der Waals surface area (Å²) in [6, 6.07) is 3.51. The van der Waals surface area contributed by atoms with Gasteiger partial charge in [0.15, 0.2) is 11.6 Å². The van der Waals surface area contributed by atoms with Gasteiger partial charge in [-0.25, -0.2) is 9.18 Å². The summed E-state index contributed by atoms with van der Waals surface area (Å²) in [5.41, 5.74) is -0.420. The minimum atomic E-state index is -0.953. The Bertz CT molecular complexity index is 558. The van der Waals surface area contributed by atoms with E-state index in [0.29, 0.717) is 12.8 Å². The SMILES string of the molecule is COc1ccc(NC(=O)NC2(CC(=O)O)CCC2)cc1F. The molecule has 1 aromatic carbocycles. The quantitative estimate of drug-likeness (QED) is 0.778. The number of hydrogen-bond acceptors (Lipinski definition) is 3. The number of nitrogens with one attached hydrogen (secondary N) is 2. The summed E-state index contributed by atoms with van der Waals surface area (Å²) in [4.78, 5) is 22.7. The third kappa shape index (κ3) is 3.62. The van der Waals surface area contributed by atoms with Crippen LogP contribution < -0.4 is 15.4 Å². The number of aliphatic carboxylic acids is 1. The van der Waals surface area contributed by atoms with Gasteiger partial charge in [-0.05, 0) is 31.4 Å². The Balaban J connectivity index is 1.98. The maximum absolute atomic E-state index is 13.5. The van der Waals surface area contributed by atoms with E-state index < -0.39 is 23.4 Å². The van der Waals surface area contributed by atoms with Crippen LogP contribution >= 0.6 is 0 Å². The smallest absolute Gasteiger partial charge is 0.319 e. The van der Waals surface area contributed by atoms with E-state index in [-0.39, 0.29) is 17.9 Å². The van der Waals surface area contributed by atoms with E-state index in [1.54, 1.807) is 0 Å². The lowest BCUT2D eigenvalue weighted by molar-refractivity contribution is -0.139. The van der Waals surface area contributed by atoms with Crippen LogP contribution in [0, 0.1) is 5.82 Å². The molecule has 1 aromatic rings. The molecule has 1 aliphatic carbocycles. The number of carboxylic acids is 1. The highest BCUT2D eigenvalue weighted by atomic mass is 19.1. The monoisotopic (exact) mass is 296 g/mol. The first-order valence-corrected chi connectivity index (χ1v) is 6.59. The van der Waals surface area contributed by atoms with Gasteiger partial charge in [0.1, 0.15) is 0 Å². The van der Waals surface area contributed by atoms with Crippen molar-refractivity contribution < 1.29 is 23.8 Å². The number of carboxylic acid groups (broad SMARTS) is 1. The Morgan fingerprint density at radius 2 is 2.14 bits per heavy atom. The van der Waals surface area contributed by atoms with Gasteiger partial charge in [0.2, 0.25) is 0 Å². The molecule has 7 heteroatoms. The first-order chi connectivity index (χ1) is 9.94. The number of hydrogen-bond donors (Lipinski definition) is 3. The van der Waals surface area contributed by atoms with Crippen LogP contribution in [0.25, 0.3) is 0 Å². The number of urea groups is 1. The number of halogens is 1. The summed E-state index contributed by atoms with van der Waals surface area (Å²) in [5.74, 6) is -1.45. The van der Waals surface area contributed by atoms with Crippen LogP contribution in [-0.2, 0) is 4.79 Å². The number of benzene rings is 1. The van der Waals surface area contributed by atoms with Crippen molar-refractivity contribution in [3.8, 4) is 5.75 Å². The third-order valence-electron chi connectivity index (χ3n) is 3.59. The lowest BCUT2D eigenvalue weighted by Crippen LogP contribution is -2.55. The molecule has 2 amide bonds. The molecule has 0 atom stereocenters. The summed E-state index contributed by atoms with van der Waals surface area (Å²) in [7, 11) is 1.35. The van der Waals surface area contributed by atoms with Crippen LogP contribution in [0.3, 0.4) is 0 Å². The second-order valence-corrected chi connectivity index (χ2v) is 5.13. The molecule has 2 rings (SSSR count). The summed E-state index contributed by atoms with van der Waals surface area (Å²) in [6.45, 7) is 0. The molecule has 1 saturated carbocycles. The Morgan fingerprint density at radius 3 is 2.62 bits per heavy atom. The predicted molar refractivity (Wildman–Crippen MR) is 73.9 cm³/mol. The average Bonchev–Trinajstić information content (AvgIpc) is 2.35. The van der Waals surface area contributed by atoms with Gasteiger partial charge in [-0.1, -0.05) is 0 Å². The van der Waals surface area contributed by atoms with Gasteiger partial charge in [-0.3, -0.25) is 4.79 Å². The van der Waals surface area contributed by atoms with Gasteiger partial charge < -0.3 is 20.5 Å². The van der Waals surface area contributed by atoms with Gasteiger partial charge in [-0.15, -0.1) is 0 Å². The molecule has 0 aliphatic heterocycles. The van der Waals surface area contributed by atoms with Crippen molar-refractivity contribution in [3.05, 3.63) is 24.0 Å². The Kier molecular flexibility index (Phi) is 4.30. The van der Waals surface area contributed by atoms with E-state index in [1.165, 1.54) is 19.2 Å². The summed E-state index contributed by atoms with van der Waals surface area (Å²) < 4.78 is 18.3. The second-order valence-electron chi connectivity index (χ2n) is 5.13. The standard InChI is InChI=1S/C14H17FN2O4/c1-21-11-4-3-9(7-10(11)15)16-13(20)17-14(5-2-6-14)8-12(18)19/h3-4,7H,2,5-6,8H2,1H3,(H,18,19)(H2,16,17,20). The van der Waals surface area contributed by atoms with Crippen molar-refractivity contribution >= 4 is 17.7 Å². The normalized spacial score (nSPS) is 15.7. The van der Waals surface area contributed by atoms with E-state index >= 15 is 0 Å². The fraction of sp³-hybridized carbons (Fsp3) is 0.429. The molecule has 0 heterocycles. The van der Waals surface area contributed by atoms with Gasteiger partial charge >= 0.3 is 12.0 Å². The maximum atomic E-state index is 13.5. The zero-order valence-corrected chi connectivity index (χ0v) is 11.6. The number of carbonyl (C=O) groups excluding carboxylic acids is 1. The molecule has 3 N–H and O–H groups in total. The molecule has 1 aliphatic rings. The number of ether oxygens (including phenoxy) is 1. The second kappa shape index (κ2) is 5.99. The van der Waals surface area contributed by atoms with Crippen LogP contribution in [0.2, 0.25) is 0 Å². The van der Waals surface area contributed by atoms with Crippen molar-refractivity contribution in [2.45, 2.75) is 31.2 Å². The fourth-order valence-electron chi connectivity index (χ4n) is 2.39. The highest BCUT2D eigenvalue weighted by molar-refractivity contribution is 5.90. The first kappa shape index (κ1) is 15.1. The Morgan fingerprint density at radius 1 is 1.43 bits per heavy atom. The minimum absolute atomic E-state index is 0.0855. The molecule has 6 nitrogen and oxygen atoms in total. The van der Waals surface area contributed by atoms with Crippen LogP contribution in [0.1, 0.15) is 25.7 Å². The largest absolute Gasteiger partial charge is 0.494 e. The van der Waals surface area contributed by atoms with Crippen molar-refractivity contribution in [1.82, 2.24) is 5.32 Å². The lowest BCUT2D eigenvalue weighted by Gasteiger charge is -2.41. The lowest BCUT2D eigenvalue weighted by atomic mass is 9.74. The molecule has 0 bridgehead atoms. The Labute approximate surface area is 121 Å². The van der Waals surface area contributed by atoms with Crippen LogP contribution in [-0.4, -0.2) is 29.8 Å². The Hall–Kier alpha value is -2.31. The first-order valence-electron chi connectivity index (χ1n) is 6.59. The van der Waals surface area contributed by atoms with Crippen molar-refractivity contribution in [2.75, 3.05) is 12.4 Å². The van der Waals surface area contributed by atoms with E-state index in [9.17, 15) is 14.0 Å². The number of methoxy groups -OCH3 is 1. The van der Waals surface area contributed by atoms with Crippen molar-refractivity contribution in [3.63, 3.8) is 0 Å². The molecular weight excluding hydrogens is 279 g/mol. The molecule has 0 spiro atoms. The zero-order valence-electron chi connectivity index (χ0n) is 11.6. The number of amides is 2. The van der Waals surface area contributed by atoms with Gasteiger partial charge in [-0.2, -0.15) is 0 Å². The predicted octanol–water partition coefficient (Wildman–Crippen LogP) is 2.35. The average molecular weight is 296 g/mol. The van der Waals surface area contributed by atoms with E-state index in [0.717, 1.165) is 12.5 Å². The molecule has 0 saturated heterocycles. The van der Waals surface area contributed by atoms with Gasteiger partial charge in [0.05, 0.1) is 19.1 Å². The summed E-state index contributed by atoms with van der Waals surface area (Å²) in [6.07, 6.45) is 2.02. The maximum Gasteiger partial charge on any atom is 0.319 e. The van der Waals surface area contributed by atoms with Crippen LogP contribution in [0.4, 0.5) is 14.9 Å². The van der Waals surface area contributed by atoms with Crippen molar-refractivity contribution in [2.24, 2.45) is 0 Å². The summed E-state index contributed by atoms with van der Waals surface area (Å²) >= 11 is 0. The third-order valence-corrected chi connectivity index (χ3v) is 3.59. The number of anilines is 1. The number of rotatable bonds is 5. The number of carbonyl (C=O) groups is 2. The van der Waals surface area contributed by atoms with E-state index in [1.807, 2.05) is 0 Å². The molecule has 0 radical (unpaired) electrons.